The molecule has 1 rings (SSSR count). The summed E-state index contributed by atoms with van der Waals surface area (Å²) in [5.74, 6) is 0.329. The Hall–Kier alpha value is -1.30. The smallest absolute Gasteiger partial charge is 0.351 e. The van der Waals surface area contributed by atoms with Crippen molar-refractivity contribution in [1.29, 1.82) is 0 Å². The standard InChI is InChI=1S/C12H18F3N3/c1-9(2)17-7-10-4-5-16-11(6-10)18(3)8-12(13,14)15/h4-6,9,17H,7-8H2,1-3H3. The largest absolute Gasteiger partial charge is 0.405 e. The molecule has 0 saturated heterocycles. The normalized spacial score (nSPS) is 11.9. The maximum absolute atomic E-state index is 12.3. The van der Waals surface area contributed by atoms with Crippen LogP contribution in [-0.2, 0) is 6.54 Å². The number of hydrogen-bond acceptors (Lipinski definition) is 3. The number of hydrogen-bond donors (Lipinski definition) is 1. The van der Waals surface area contributed by atoms with Gasteiger partial charge in [-0.25, -0.2) is 4.98 Å². The minimum atomic E-state index is -4.22. The predicted octanol–water partition coefficient (Wildman–Crippen LogP) is 2.58. The maximum atomic E-state index is 12.3. The van der Waals surface area contributed by atoms with Crippen molar-refractivity contribution < 1.29 is 13.2 Å². The van der Waals surface area contributed by atoms with Crippen LogP contribution in [0.25, 0.3) is 0 Å². The SMILES string of the molecule is CC(C)NCc1ccnc(N(C)CC(F)(F)F)c1. The highest BCUT2D eigenvalue weighted by Gasteiger charge is 2.29. The van der Waals surface area contributed by atoms with Crippen LogP contribution in [-0.4, -0.2) is 30.8 Å². The van der Waals surface area contributed by atoms with Crippen LogP contribution in [0.5, 0.6) is 0 Å². The minimum Gasteiger partial charge on any atom is -0.351 e. The monoisotopic (exact) mass is 261 g/mol. The molecule has 0 aliphatic heterocycles. The molecular weight excluding hydrogens is 243 g/mol. The van der Waals surface area contributed by atoms with Crippen molar-refractivity contribution in [2.24, 2.45) is 0 Å². The number of nitrogens with one attached hydrogen (secondary N) is 1. The molecule has 1 heterocycles. The molecule has 0 aromatic carbocycles. The molecule has 0 saturated carbocycles. The molecule has 1 aromatic heterocycles. The van der Waals surface area contributed by atoms with Gasteiger partial charge in [-0.15, -0.1) is 0 Å². The van der Waals surface area contributed by atoms with Gasteiger partial charge in [0.15, 0.2) is 0 Å². The van der Waals surface area contributed by atoms with E-state index in [1.807, 2.05) is 13.8 Å². The Morgan fingerprint density at radius 2 is 2.06 bits per heavy atom. The number of halogens is 3. The molecule has 0 aliphatic carbocycles. The van der Waals surface area contributed by atoms with E-state index in [4.69, 9.17) is 0 Å². The van der Waals surface area contributed by atoms with Gasteiger partial charge in [-0.3, -0.25) is 0 Å². The third kappa shape index (κ3) is 5.35. The Morgan fingerprint density at radius 1 is 1.39 bits per heavy atom. The molecule has 0 amide bonds. The topological polar surface area (TPSA) is 28.2 Å². The van der Waals surface area contributed by atoms with E-state index in [2.05, 4.69) is 10.3 Å². The molecule has 1 aromatic rings. The summed E-state index contributed by atoms with van der Waals surface area (Å²) in [5.41, 5.74) is 0.919. The fourth-order valence-corrected chi connectivity index (χ4v) is 1.45. The van der Waals surface area contributed by atoms with Gasteiger partial charge in [0.1, 0.15) is 12.4 Å². The Kier molecular flexibility index (Phi) is 4.95. The molecule has 0 bridgehead atoms. The predicted molar refractivity (Wildman–Crippen MR) is 65.5 cm³/mol. The molecule has 0 atom stereocenters. The lowest BCUT2D eigenvalue weighted by molar-refractivity contribution is -0.119. The van der Waals surface area contributed by atoms with E-state index < -0.39 is 12.7 Å². The number of rotatable bonds is 5. The number of nitrogens with zero attached hydrogens (tertiary/aromatic N) is 2. The average molecular weight is 261 g/mol. The molecule has 1 N–H and O–H groups in total. The van der Waals surface area contributed by atoms with Crippen molar-refractivity contribution in [2.75, 3.05) is 18.5 Å². The molecule has 3 nitrogen and oxygen atoms in total. The maximum Gasteiger partial charge on any atom is 0.405 e. The van der Waals surface area contributed by atoms with Crippen LogP contribution in [0.4, 0.5) is 19.0 Å². The van der Waals surface area contributed by atoms with Crippen LogP contribution < -0.4 is 10.2 Å². The second kappa shape index (κ2) is 6.04. The minimum absolute atomic E-state index is 0.328. The third-order valence-corrected chi connectivity index (χ3v) is 2.33. The second-order valence-electron chi connectivity index (χ2n) is 4.53. The molecule has 0 fully saturated rings. The Labute approximate surface area is 105 Å². The highest BCUT2D eigenvalue weighted by atomic mass is 19.4. The summed E-state index contributed by atoms with van der Waals surface area (Å²) in [7, 11) is 1.38. The summed E-state index contributed by atoms with van der Waals surface area (Å²) in [6.07, 6.45) is -2.69. The summed E-state index contributed by atoms with van der Waals surface area (Å²) in [6.45, 7) is 3.64. The summed E-state index contributed by atoms with van der Waals surface area (Å²) in [6, 6.07) is 3.79. The Balaban J connectivity index is 2.69. The zero-order valence-corrected chi connectivity index (χ0v) is 10.8. The lowest BCUT2D eigenvalue weighted by Gasteiger charge is -2.20. The van der Waals surface area contributed by atoms with Gasteiger partial charge in [-0.2, -0.15) is 13.2 Å². The first kappa shape index (κ1) is 14.8. The van der Waals surface area contributed by atoms with Gasteiger partial charge in [-0.1, -0.05) is 13.8 Å². The molecule has 6 heteroatoms. The molecule has 0 spiro atoms. The average Bonchev–Trinajstić information content (AvgIpc) is 2.24. The summed E-state index contributed by atoms with van der Waals surface area (Å²) in [5, 5.41) is 3.21. The lowest BCUT2D eigenvalue weighted by atomic mass is 10.2. The van der Waals surface area contributed by atoms with Crippen LogP contribution in [0.2, 0.25) is 0 Å². The van der Waals surface area contributed by atoms with E-state index in [9.17, 15) is 13.2 Å². The molecule has 0 aliphatic rings. The van der Waals surface area contributed by atoms with Crippen LogP contribution in [0.15, 0.2) is 18.3 Å². The highest BCUT2D eigenvalue weighted by molar-refractivity contribution is 5.40. The van der Waals surface area contributed by atoms with Gasteiger partial charge in [-0.05, 0) is 17.7 Å². The Morgan fingerprint density at radius 3 is 2.61 bits per heavy atom. The van der Waals surface area contributed by atoms with Gasteiger partial charge < -0.3 is 10.2 Å². The summed E-state index contributed by atoms with van der Waals surface area (Å²) < 4.78 is 36.8. The van der Waals surface area contributed by atoms with Gasteiger partial charge in [0.05, 0.1) is 0 Å². The first-order valence-electron chi connectivity index (χ1n) is 5.74. The molecule has 0 radical (unpaired) electrons. The lowest BCUT2D eigenvalue weighted by Crippen LogP contribution is -2.31. The van der Waals surface area contributed by atoms with Crippen molar-refractivity contribution in [2.45, 2.75) is 32.6 Å². The van der Waals surface area contributed by atoms with Crippen molar-refractivity contribution in [3.05, 3.63) is 23.9 Å². The van der Waals surface area contributed by atoms with E-state index in [1.165, 1.54) is 13.2 Å². The van der Waals surface area contributed by atoms with E-state index in [0.29, 0.717) is 18.4 Å². The molecule has 0 unspecified atom stereocenters. The van der Waals surface area contributed by atoms with Gasteiger partial charge in [0, 0.05) is 25.8 Å². The number of aromatic nitrogens is 1. The van der Waals surface area contributed by atoms with Crippen molar-refractivity contribution in [3.8, 4) is 0 Å². The number of anilines is 1. The van der Waals surface area contributed by atoms with Crippen molar-refractivity contribution >= 4 is 5.82 Å². The molecule has 18 heavy (non-hydrogen) atoms. The Bertz CT molecular complexity index is 377. The van der Waals surface area contributed by atoms with E-state index >= 15 is 0 Å². The number of alkyl halides is 3. The van der Waals surface area contributed by atoms with Crippen LogP contribution in [0, 0.1) is 0 Å². The summed E-state index contributed by atoms with van der Waals surface area (Å²) >= 11 is 0. The highest BCUT2D eigenvalue weighted by Crippen LogP contribution is 2.19. The van der Waals surface area contributed by atoms with E-state index in [0.717, 1.165) is 10.5 Å². The van der Waals surface area contributed by atoms with Crippen LogP contribution in [0.3, 0.4) is 0 Å². The van der Waals surface area contributed by atoms with Crippen molar-refractivity contribution in [1.82, 2.24) is 10.3 Å². The first-order valence-corrected chi connectivity index (χ1v) is 5.74. The van der Waals surface area contributed by atoms with E-state index in [1.54, 1.807) is 12.1 Å². The van der Waals surface area contributed by atoms with E-state index in [-0.39, 0.29) is 0 Å². The van der Waals surface area contributed by atoms with Crippen LogP contribution >= 0.6 is 0 Å². The van der Waals surface area contributed by atoms with Gasteiger partial charge >= 0.3 is 6.18 Å². The van der Waals surface area contributed by atoms with Gasteiger partial charge in [0.25, 0.3) is 0 Å². The zero-order valence-electron chi connectivity index (χ0n) is 10.8. The third-order valence-electron chi connectivity index (χ3n) is 2.33. The zero-order chi connectivity index (χ0) is 13.8. The fourth-order valence-electron chi connectivity index (χ4n) is 1.45. The second-order valence-corrected chi connectivity index (χ2v) is 4.53. The van der Waals surface area contributed by atoms with Gasteiger partial charge in [0.2, 0.25) is 0 Å². The van der Waals surface area contributed by atoms with Crippen LogP contribution in [0.1, 0.15) is 19.4 Å². The molecule has 102 valence electrons. The first-order chi connectivity index (χ1) is 8.28. The van der Waals surface area contributed by atoms with Crippen molar-refractivity contribution in [3.63, 3.8) is 0 Å². The quantitative estimate of drug-likeness (QED) is 0.883. The number of pyridine rings is 1. The fraction of sp³-hybridized carbons (Fsp3) is 0.583. The molecular formula is C12H18F3N3. The summed E-state index contributed by atoms with van der Waals surface area (Å²) in [4.78, 5) is 5.04.